The lowest BCUT2D eigenvalue weighted by atomic mass is 10.0. The first-order chi connectivity index (χ1) is 14.5. The van der Waals surface area contributed by atoms with Crippen LogP contribution in [-0.4, -0.2) is 49.2 Å². The second-order valence-corrected chi connectivity index (χ2v) is 7.56. The minimum Gasteiger partial charge on any atom is -0.508 e. The van der Waals surface area contributed by atoms with Gasteiger partial charge in [0, 0.05) is 37.1 Å². The number of hydrogen-bond donors (Lipinski definition) is 4. The first-order valence-corrected chi connectivity index (χ1v) is 10.5. The van der Waals surface area contributed by atoms with Crippen molar-refractivity contribution in [1.29, 1.82) is 0 Å². The smallest absolute Gasteiger partial charge is 0.246 e. The third-order valence-corrected chi connectivity index (χ3v) is 5.04. The summed E-state index contributed by atoms with van der Waals surface area (Å²) in [5.74, 6) is 0.605. The van der Waals surface area contributed by atoms with Crippen LogP contribution in [0, 0.1) is 6.92 Å². The summed E-state index contributed by atoms with van der Waals surface area (Å²) in [4.78, 5) is 19.1. The number of anilines is 2. The number of aryl methyl sites for hydroxylation is 1. The number of aliphatic imine (C=N–C) groups is 1. The van der Waals surface area contributed by atoms with Gasteiger partial charge < -0.3 is 26.0 Å². The summed E-state index contributed by atoms with van der Waals surface area (Å²) in [5, 5.41) is 18.8. The number of rotatable bonds is 6. The number of carbonyl (C=O) groups is 1. The third-order valence-electron chi connectivity index (χ3n) is 5.04. The number of aromatic hydroxyl groups is 1. The van der Waals surface area contributed by atoms with Gasteiger partial charge in [-0.15, -0.1) is 24.0 Å². The normalized spacial score (nSPS) is 16.3. The Balaban J connectivity index is 0.00000341. The highest BCUT2D eigenvalue weighted by Crippen LogP contribution is 2.20. The van der Waals surface area contributed by atoms with E-state index in [1.165, 1.54) is 23.4 Å². The van der Waals surface area contributed by atoms with E-state index in [-0.39, 0.29) is 48.2 Å². The first kappa shape index (κ1) is 24.8. The number of benzene rings is 2. The van der Waals surface area contributed by atoms with Crippen molar-refractivity contribution in [2.24, 2.45) is 4.99 Å². The van der Waals surface area contributed by atoms with E-state index in [4.69, 9.17) is 0 Å². The molecule has 1 amide bonds. The van der Waals surface area contributed by atoms with Crippen molar-refractivity contribution in [2.45, 2.75) is 32.7 Å². The highest BCUT2D eigenvalue weighted by molar-refractivity contribution is 14.0. The van der Waals surface area contributed by atoms with Crippen LogP contribution in [0.25, 0.3) is 0 Å². The summed E-state index contributed by atoms with van der Waals surface area (Å²) in [7, 11) is 0. The fourth-order valence-corrected chi connectivity index (χ4v) is 3.49. The van der Waals surface area contributed by atoms with Gasteiger partial charge in [0.15, 0.2) is 5.96 Å². The molecule has 2 aromatic carbocycles. The Bertz CT molecular complexity index is 855. The molecule has 0 bridgehead atoms. The molecule has 31 heavy (non-hydrogen) atoms. The maximum Gasteiger partial charge on any atom is 0.246 e. The number of nitrogens with zero attached hydrogens (tertiary/aromatic N) is 2. The van der Waals surface area contributed by atoms with Gasteiger partial charge >= 0.3 is 0 Å². The lowest BCUT2D eigenvalue weighted by molar-refractivity contribution is -0.114. The highest BCUT2D eigenvalue weighted by Gasteiger charge is 2.21. The average Bonchev–Trinajstić information content (AvgIpc) is 2.75. The van der Waals surface area contributed by atoms with Gasteiger partial charge in [0.05, 0.1) is 0 Å². The number of phenolic OH excluding ortho intramolecular Hbond substituents is 1. The van der Waals surface area contributed by atoms with E-state index in [9.17, 15) is 9.90 Å². The van der Waals surface area contributed by atoms with Gasteiger partial charge in [0.1, 0.15) is 12.3 Å². The molecule has 1 unspecified atom stereocenters. The van der Waals surface area contributed by atoms with Crippen LogP contribution in [0.15, 0.2) is 53.5 Å². The van der Waals surface area contributed by atoms with Gasteiger partial charge in [-0.1, -0.05) is 17.7 Å². The van der Waals surface area contributed by atoms with Crippen molar-refractivity contribution >= 4 is 47.2 Å². The molecule has 1 saturated heterocycles. The summed E-state index contributed by atoms with van der Waals surface area (Å²) in [6.45, 7) is 6.79. The molecule has 4 N–H and O–H groups in total. The number of phenols is 1. The van der Waals surface area contributed by atoms with Crippen molar-refractivity contribution in [1.82, 2.24) is 10.6 Å². The molecule has 1 heterocycles. The van der Waals surface area contributed by atoms with E-state index in [0.717, 1.165) is 32.5 Å². The number of carbonyl (C=O) groups excluding carboxylic acids is 1. The largest absolute Gasteiger partial charge is 0.508 e. The lowest BCUT2D eigenvalue weighted by Crippen LogP contribution is -2.51. The van der Waals surface area contributed by atoms with Crippen LogP contribution in [0.3, 0.4) is 0 Å². The van der Waals surface area contributed by atoms with Crippen LogP contribution in [0.1, 0.15) is 25.3 Å². The van der Waals surface area contributed by atoms with Crippen LogP contribution < -0.4 is 20.9 Å². The maximum absolute atomic E-state index is 12.2. The van der Waals surface area contributed by atoms with E-state index in [0.29, 0.717) is 11.6 Å². The molecule has 0 aromatic heterocycles. The molecule has 0 spiro atoms. The molecule has 0 radical (unpaired) electrons. The molecule has 3 rings (SSSR count). The summed E-state index contributed by atoms with van der Waals surface area (Å²) < 4.78 is 0. The van der Waals surface area contributed by atoms with Crippen LogP contribution >= 0.6 is 24.0 Å². The predicted molar refractivity (Wildman–Crippen MR) is 138 cm³/mol. The van der Waals surface area contributed by atoms with E-state index >= 15 is 0 Å². The van der Waals surface area contributed by atoms with Gasteiger partial charge in [-0.2, -0.15) is 0 Å². The fraction of sp³-hybridized carbons (Fsp3) is 0.391. The monoisotopic (exact) mass is 537 g/mol. The predicted octanol–water partition coefficient (Wildman–Crippen LogP) is 3.48. The van der Waals surface area contributed by atoms with Gasteiger partial charge in [0.2, 0.25) is 5.91 Å². The number of halogens is 1. The molecular formula is C23H32IN5O2. The topological polar surface area (TPSA) is 89.0 Å². The summed E-state index contributed by atoms with van der Waals surface area (Å²) >= 11 is 0. The summed E-state index contributed by atoms with van der Waals surface area (Å²) in [5.41, 5.74) is 3.13. The zero-order valence-corrected chi connectivity index (χ0v) is 20.4. The minimum atomic E-state index is -0.206. The number of amides is 1. The number of hydrogen-bond acceptors (Lipinski definition) is 4. The SMILES string of the molecule is CCNC(=NCC(=O)Nc1ccc(O)cc1)NC1CCCN(c2ccc(C)cc2)C1.I. The zero-order chi connectivity index (χ0) is 21.3. The lowest BCUT2D eigenvalue weighted by Gasteiger charge is -2.35. The molecule has 0 aliphatic carbocycles. The van der Waals surface area contributed by atoms with Crippen molar-refractivity contribution in [3.63, 3.8) is 0 Å². The van der Waals surface area contributed by atoms with Gasteiger partial charge in [-0.3, -0.25) is 4.79 Å². The van der Waals surface area contributed by atoms with Gasteiger partial charge in [-0.05, 0) is 63.1 Å². The fourth-order valence-electron chi connectivity index (χ4n) is 3.49. The molecular weight excluding hydrogens is 505 g/mol. The second-order valence-electron chi connectivity index (χ2n) is 7.56. The quantitative estimate of drug-likeness (QED) is 0.196. The molecule has 0 saturated carbocycles. The number of guanidine groups is 1. The van der Waals surface area contributed by atoms with Crippen LogP contribution in [-0.2, 0) is 4.79 Å². The average molecular weight is 537 g/mol. The minimum absolute atomic E-state index is 0. The van der Waals surface area contributed by atoms with Crippen molar-refractivity contribution in [3.8, 4) is 5.75 Å². The van der Waals surface area contributed by atoms with E-state index < -0.39 is 0 Å². The highest BCUT2D eigenvalue weighted by atomic mass is 127. The molecule has 7 nitrogen and oxygen atoms in total. The second kappa shape index (κ2) is 12.4. The number of piperidine rings is 1. The van der Waals surface area contributed by atoms with E-state index in [1.54, 1.807) is 12.1 Å². The number of nitrogens with one attached hydrogen (secondary N) is 3. The molecule has 168 valence electrons. The summed E-state index contributed by atoms with van der Waals surface area (Å²) in [6, 6.07) is 15.3. The Morgan fingerprint density at radius 1 is 1.16 bits per heavy atom. The van der Waals surface area contributed by atoms with Gasteiger partial charge in [-0.25, -0.2) is 4.99 Å². The third kappa shape index (κ3) is 7.93. The van der Waals surface area contributed by atoms with Crippen LogP contribution in [0.2, 0.25) is 0 Å². The van der Waals surface area contributed by atoms with E-state index in [2.05, 4.69) is 57.0 Å². The van der Waals surface area contributed by atoms with Crippen LogP contribution in [0.5, 0.6) is 5.75 Å². The molecule has 2 aromatic rings. The molecule has 1 atom stereocenters. The molecule has 1 aliphatic rings. The van der Waals surface area contributed by atoms with Crippen molar-refractivity contribution in [3.05, 3.63) is 54.1 Å². The molecule has 1 aliphatic heterocycles. The Morgan fingerprint density at radius 3 is 2.55 bits per heavy atom. The maximum atomic E-state index is 12.2. The molecule has 1 fully saturated rings. The Morgan fingerprint density at radius 2 is 1.87 bits per heavy atom. The Hall–Kier alpha value is -2.49. The van der Waals surface area contributed by atoms with E-state index in [1.807, 2.05) is 6.92 Å². The first-order valence-electron chi connectivity index (χ1n) is 10.5. The zero-order valence-electron chi connectivity index (χ0n) is 18.1. The standard InChI is InChI=1S/C23H31N5O2.HI/c1-3-24-23(25-15-22(30)26-18-8-12-21(29)13-9-18)27-19-5-4-14-28(16-19)20-10-6-17(2)7-11-20;/h6-13,19,29H,3-5,14-16H2,1-2H3,(H,26,30)(H2,24,25,27);1H. The van der Waals surface area contributed by atoms with Crippen molar-refractivity contribution < 1.29 is 9.90 Å². The van der Waals surface area contributed by atoms with Crippen molar-refractivity contribution in [2.75, 3.05) is 36.4 Å². The molecule has 8 heteroatoms. The Kier molecular flexibility index (Phi) is 9.90. The van der Waals surface area contributed by atoms with Crippen LogP contribution in [0.4, 0.5) is 11.4 Å². The Labute approximate surface area is 201 Å². The van der Waals surface area contributed by atoms with Gasteiger partial charge in [0.25, 0.3) is 0 Å². The summed E-state index contributed by atoms with van der Waals surface area (Å²) in [6.07, 6.45) is 2.17.